The molecule has 62 valence electrons. The van der Waals surface area contributed by atoms with Gasteiger partial charge >= 0.3 is 7.12 Å². The molecule has 4 heteroatoms. The van der Waals surface area contributed by atoms with E-state index in [2.05, 4.69) is 0 Å². The molecule has 12 heavy (non-hydrogen) atoms. The lowest BCUT2D eigenvalue weighted by molar-refractivity contribution is 0.275. The van der Waals surface area contributed by atoms with E-state index in [0.717, 1.165) is 21.6 Å². The first kappa shape index (κ1) is 8.11. The highest BCUT2D eigenvalue weighted by molar-refractivity contribution is 6.61. The van der Waals surface area contributed by atoms with Crippen molar-refractivity contribution in [3.05, 3.63) is 28.3 Å². The van der Waals surface area contributed by atoms with Crippen molar-refractivity contribution in [2.45, 2.75) is 13.5 Å². The van der Waals surface area contributed by atoms with Crippen molar-refractivity contribution in [3.8, 4) is 0 Å². The molecular formula is C8H8BClO2. The largest absolute Gasteiger partial charge is 0.491 e. The molecule has 0 bridgehead atoms. The molecule has 1 aromatic carbocycles. The van der Waals surface area contributed by atoms with Crippen LogP contribution in [0.5, 0.6) is 0 Å². The highest BCUT2D eigenvalue weighted by atomic mass is 35.5. The number of rotatable bonds is 0. The Bertz CT molecular complexity index is 327. The molecular weight excluding hydrogens is 174 g/mol. The lowest BCUT2D eigenvalue weighted by Crippen LogP contribution is -2.28. The number of halogens is 1. The van der Waals surface area contributed by atoms with Crippen LogP contribution in [0.25, 0.3) is 0 Å². The normalized spacial score (nSPS) is 15.1. The number of fused-ring (bicyclic) bond motifs is 1. The molecule has 0 aromatic heterocycles. The molecule has 1 aliphatic rings. The number of hydrogen-bond donors (Lipinski definition) is 1. The summed E-state index contributed by atoms with van der Waals surface area (Å²) in [6.07, 6.45) is 0. The van der Waals surface area contributed by atoms with Crippen molar-refractivity contribution < 1.29 is 9.68 Å². The van der Waals surface area contributed by atoms with E-state index in [1.807, 2.05) is 13.0 Å². The summed E-state index contributed by atoms with van der Waals surface area (Å²) < 4.78 is 5.06. The van der Waals surface area contributed by atoms with E-state index in [1.165, 1.54) is 0 Å². The smallest absolute Gasteiger partial charge is 0.423 e. The first-order valence-corrected chi connectivity index (χ1v) is 4.15. The van der Waals surface area contributed by atoms with Gasteiger partial charge in [0.05, 0.1) is 6.61 Å². The zero-order valence-electron chi connectivity index (χ0n) is 6.67. The molecule has 0 atom stereocenters. The van der Waals surface area contributed by atoms with Crippen LogP contribution >= 0.6 is 11.6 Å². The van der Waals surface area contributed by atoms with Crippen LogP contribution in [0.4, 0.5) is 0 Å². The maximum atomic E-state index is 9.33. The summed E-state index contributed by atoms with van der Waals surface area (Å²) in [6.45, 7) is 2.39. The van der Waals surface area contributed by atoms with Gasteiger partial charge < -0.3 is 9.68 Å². The van der Waals surface area contributed by atoms with E-state index in [9.17, 15) is 5.02 Å². The fourth-order valence-corrected chi connectivity index (χ4v) is 1.60. The summed E-state index contributed by atoms with van der Waals surface area (Å²) in [6, 6.07) is 3.59. The molecule has 0 fully saturated rings. The van der Waals surface area contributed by atoms with E-state index < -0.39 is 7.12 Å². The minimum atomic E-state index is -0.768. The van der Waals surface area contributed by atoms with Crippen molar-refractivity contribution in [3.63, 3.8) is 0 Å². The monoisotopic (exact) mass is 182 g/mol. The molecule has 0 saturated carbocycles. The van der Waals surface area contributed by atoms with Crippen molar-refractivity contribution >= 4 is 24.2 Å². The molecule has 1 N–H and O–H groups in total. The molecule has 2 nitrogen and oxygen atoms in total. The molecule has 0 amide bonds. The van der Waals surface area contributed by atoms with E-state index in [4.69, 9.17) is 16.3 Å². The van der Waals surface area contributed by atoms with Crippen molar-refractivity contribution in [2.24, 2.45) is 0 Å². The van der Waals surface area contributed by atoms with Crippen LogP contribution in [0.3, 0.4) is 0 Å². The van der Waals surface area contributed by atoms with Gasteiger partial charge in [0.15, 0.2) is 0 Å². The van der Waals surface area contributed by atoms with Crippen molar-refractivity contribution in [1.82, 2.24) is 0 Å². The van der Waals surface area contributed by atoms with Gasteiger partial charge in [-0.05, 0) is 29.6 Å². The Morgan fingerprint density at radius 2 is 2.33 bits per heavy atom. The fraction of sp³-hybridized carbons (Fsp3) is 0.250. The second-order valence-electron chi connectivity index (χ2n) is 2.90. The minimum absolute atomic E-state index is 0.461. The summed E-state index contributed by atoms with van der Waals surface area (Å²) in [5.74, 6) is 0. The third kappa shape index (κ3) is 1.05. The predicted molar refractivity (Wildman–Crippen MR) is 48.6 cm³/mol. The Kier molecular flexibility index (Phi) is 1.87. The average Bonchev–Trinajstić information content (AvgIpc) is 2.41. The van der Waals surface area contributed by atoms with Crippen LogP contribution < -0.4 is 5.46 Å². The van der Waals surface area contributed by atoms with Crippen LogP contribution in [0.2, 0.25) is 5.02 Å². The summed E-state index contributed by atoms with van der Waals surface area (Å²) in [7, 11) is -0.768. The summed E-state index contributed by atoms with van der Waals surface area (Å²) >= 11 is 5.90. The van der Waals surface area contributed by atoms with Crippen molar-refractivity contribution in [1.29, 1.82) is 0 Å². The van der Waals surface area contributed by atoms with E-state index in [-0.39, 0.29) is 0 Å². The molecule has 0 spiro atoms. The van der Waals surface area contributed by atoms with Gasteiger partial charge in [0, 0.05) is 5.02 Å². The molecule has 0 saturated heterocycles. The third-order valence-electron chi connectivity index (χ3n) is 2.22. The molecule has 0 unspecified atom stereocenters. The number of benzene rings is 1. The molecule has 2 rings (SSSR count). The summed E-state index contributed by atoms with van der Waals surface area (Å²) in [5, 5.41) is 10.1. The Labute approximate surface area is 76.3 Å². The Morgan fingerprint density at radius 1 is 1.58 bits per heavy atom. The molecule has 1 aromatic rings. The zero-order chi connectivity index (χ0) is 8.72. The van der Waals surface area contributed by atoms with E-state index in [1.54, 1.807) is 6.07 Å². The lowest BCUT2D eigenvalue weighted by atomic mass is 9.78. The van der Waals surface area contributed by atoms with Gasteiger partial charge in [0.1, 0.15) is 0 Å². The van der Waals surface area contributed by atoms with Crippen LogP contribution in [-0.2, 0) is 11.3 Å². The van der Waals surface area contributed by atoms with E-state index in [0.29, 0.717) is 6.61 Å². The maximum Gasteiger partial charge on any atom is 0.491 e. The van der Waals surface area contributed by atoms with Crippen LogP contribution in [0.15, 0.2) is 12.1 Å². The van der Waals surface area contributed by atoms with Gasteiger partial charge in [-0.25, -0.2) is 0 Å². The van der Waals surface area contributed by atoms with E-state index >= 15 is 0 Å². The molecule has 0 aliphatic carbocycles. The highest BCUT2D eigenvalue weighted by Crippen LogP contribution is 2.21. The van der Waals surface area contributed by atoms with Gasteiger partial charge in [0.25, 0.3) is 0 Å². The van der Waals surface area contributed by atoms with Crippen molar-refractivity contribution in [2.75, 3.05) is 0 Å². The topological polar surface area (TPSA) is 29.5 Å². The second kappa shape index (κ2) is 2.77. The maximum absolute atomic E-state index is 9.33. The minimum Gasteiger partial charge on any atom is -0.423 e. The highest BCUT2D eigenvalue weighted by Gasteiger charge is 2.28. The molecule has 0 radical (unpaired) electrons. The second-order valence-corrected chi connectivity index (χ2v) is 3.31. The Morgan fingerprint density at radius 3 is 3.08 bits per heavy atom. The molecule has 1 aliphatic heterocycles. The van der Waals surface area contributed by atoms with Gasteiger partial charge in [-0.1, -0.05) is 17.7 Å². The predicted octanol–water partition coefficient (Wildman–Crippen LogP) is 0.866. The van der Waals surface area contributed by atoms with Gasteiger partial charge in [0.2, 0.25) is 0 Å². The first-order chi connectivity index (χ1) is 5.70. The Balaban J connectivity index is 2.60. The fourth-order valence-electron chi connectivity index (χ4n) is 1.42. The molecule has 1 heterocycles. The summed E-state index contributed by atoms with van der Waals surface area (Å²) in [5.41, 5.74) is 2.87. The van der Waals surface area contributed by atoms with Crippen LogP contribution in [0.1, 0.15) is 11.1 Å². The summed E-state index contributed by atoms with van der Waals surface area (Å²) in [4.78, 5) is 0. The number of hydrogen-bond acceptors (Lipinski definition) is 2. The average molecular weight is 182 g/mol. The van der Waals surface area contributed by atoms with Gasteiger partial charge in [-0.2, -0.15) is 0 Å². The van der Waals surface area contributed by atoms with Crippen LogP contribution in [0, 0.1) is 6.92 Å². The first-order valence-electron chi connectivity index (χ1n) is 3.77. The standard InChI is InChI=1S/C8H8BClO2/c1-5-6-4-12-9(11)7(6)2-3-8(5)10/h2-3,11H,4H2,1H3. The lowest BCUT2D eigenvalue weighted by Gasteiger charge is -2.03. The quantitative estimate of drug-likeness (QED) is 0.603. The third-order valence-corrected chi connectivity index (χ3v) is 2.63. The zero-order valence-corrected chi connectivity index (χ0v) is 7.43. The van der Waals surface area contributed by atoms with Gasteiger partial charge in [-0.3, -0.25) is 0 Å². The van der Waals surface area contributed by atoms with Gasteiger partial charge in [-0.15, -0.1) is 0 Å². The SMILES string of the molecule is Cc1c(Cl)ccc2c1COB2O. The van der Waals surface area contributed by atoms with Crippen LogP contribution in [-0.4, -0.2) is 12.1 Å². The Hall–Kier alpha value is -0.505.